The van der Waals surface area contributed by atoms with Crippen molar-refractivity contribution in [2.24, 2.45) is 0 Å². The average Bonchev–Trinajstić information content (AvgIpc) is 2.55. The molecule has 0 unspecified atom stereocenters. The molecule has 0 aliphatic carbocycles. The van der Waals surface area contributed by atoms with Crippen molar-refractivity contribution in [1.82, 2.24) is 0 Å². The molecule has 120 valence electrons. The van der Waals surface area contributed by atoms with Crippen LogP contribution in [0.4, 0.5) is 11.4 Å². The minimum atomic E-state index is -0.717. The number of carbonyl (C=O) groups is 2. The molecule has 1 amide bonds. The van der Waals surface area contributed by atoms with Gasteiger partial charge in [-0.05, 0) is 30.3 Å². The summed E-state index contributed by atoms with van der Waals surface area (Å²) in [6.45, 7) is -0.442. The summed E-state index contributed by atoms with van der Waals surface area (Å²) in [5.74, 6) is -0.593. The first-order chi connectivity index (χ1) is 11.0. The average molecular weight is 335 g/mol. The van der Waals surface area contributed by atoms with Crippen LogP contribution in [0.2, 0.25) is 5.02 Å². The van der Waals surface area contributed by atoms with Gasteiger partial charge in [0.25, 0.3) is 5.91 Å². The van der Waals surface area contributed by atoms with Crippen LogP contribution in [0.15, 0.2) is 42.5 Å². The van der Waals surface area contributed by atoms with Crippen molar-refractivity contribution in [3.63, 3.8) is 0 Å². The Kier molecular flexibility index (Phi) is 5.43. The smallest absolute Gasteiger partial charge is 0.340 e. The van der Waals surface area contributed by atoms with E-state index in [-0.39, 0.29) is 11.3 Å². The van der Waals surface area contributed by atoms with Crippen LogP contribution in [0.5, 0.6) is 5.75 Å². The maximum Gasteiger partial charge on any atom is 0.340 e. The molecule has 2 aromatic rings. The van der Waals surface area contributed by atoms with Crippen LogP contribution >= 0.6 is 11.6 Å². The van der Waals surface area contributed by atoms with Gasteiger partial charge in [0.05, 0.1) is 12.7 Å². The van der Waals surface area contributed by atoms with E-state index in [1.807, 2.05) is 0 Å². The number of halogens is 1. The molecule has 2 rings (SSSR count). The predicted octanol–water partition coefficient (Wildman–Crippen LogP) is 2.73. The lowest BCUT2D eigenvalue weighted by Gasteiger charge is -2.09. The number of nitrogen functional groups attached to an aromatic ring is 1. The molecular weight excluding hydrogens is 320 g/mol. The van der Waals surface area contributed by atoms with Crippen LogP contribution in [-0.4, -0.2) is 25.6 Å². The number of esters is 1. The SMILES string of the molecule is COc1cccc(NC(=O)COC(=O)c2cc(Cl)ccc2N)c1. The van der Waals surface area contributed by atoms with Gasteiger partial charge in [0.2, 0.25) is 0 Å². The number of hydrogen-bond donors (Lipinski definition) is 2. The van der Waals surface area contributed by atoms with E-state index >= 15 is 0 Å². The fourth-order valence-electron chi connectivity index (χ4n) is 1.81. The molecule has 6 nitrogen and oxygen atoms in total. The largest absolute Gasteiger partial charge is 0.497 e. The first kappa shape index (κ1) is 16.6. The van der Waals surface area contributed by atoms with Gasteiger partial charge in [-0.1, -0.05) is 17.7 Å². The summed E-state index contributed by atoms with van der Waals surface area (Å²) in [6, 6.07) is 11.3. The molecule has 2 aromatic carbocycles. The summed E-state index contributed by atoms with van der Waals surface area (Å²) >= 11 is 5.81. The van der Waals surface area contributed by atoms with Gasteiger partial charge in [-0.15, -0.1) is 0 Å². The van der Waals surface area contributed by atoms with Gasteiger partial charge in [0.1, 0.15) is 5.75 Å². The fourth-order valence-corrected chi connectivity index (χ4v) is 1.98. The highest BCUT2D eigenvalue weighted by molar-refractivity contribution is 6.31. The molecule has 0 saturated heterocycles. The third-order valence-electron chi connectivity index (χ3n) is 2.92. The van der Waals surface area contributed by atoms with Crippen molar-refractivity contribution in [3.05, 3.63) is 53.1 Å². The zero-order valence-electron chi connectivity index (χ0n) is 12.3. The lowest BCUT2D eigenvalue weighted by atomic mass is 10.2. The summed E-state index contributed by atoms with van der Waals surface area (Å²) < 4.78 is 9.99. The molecule has 23 heavy (non-hydrogen) atoms. The standard InChI is InChI=1S/C16H15ClN2O4/c1-22-12-4-2-3-11(8-12)19-15(20)9-23-16(21)13-7-10(17)5-6-14(13)18/h2-8H,9,18H2,1H3,(H,19,20). The normalized spacial score (nSPS) is 10.0. The number of nitrogens with one attached hydrogen (secondary N) is 1. The number of ether oxygens (including phenoxy) is 2. The number of amides is 1. The van der Waals surface area contributed by atoms with Crippen LogP contribution in [-0.2, 0) is 9.53 Å². The summed E-state index contributed by atoms with van der Waals surface area (Å²) in [6.07, 6.45) is 0. The van der Waals surface area contributed by atoms with Gasteiger partial charge < -0.3 is 20.5 Å². The number of benzene rings is 2. The van der Waals surface area contributed by atoms with Gasteiger partial charge >= 0.3 is 5.97 Å². The predicted molar refractivity (Wildman–Crippen MR) is 87.8 cm³/mol. The highest BCUT2D eigenvalue weighted by Crippen LogP contribution is 2.19. The van der Waals surface area contributed by atoms with Gasteiger partial charge in [-0.2, -0.15) is 0 Å². The Morgan fingerprint density at radius 2 is 2.00 bits per heavy atom. The molecule has 0 saturated carbocycles. The Morgan fingerprint density at radius 1 is 1.22 bits per heavy atom. The van der Waals surface area contributed by atoms with Crippen molar-refractivity contribution in [1.29, 1.82) is 0 Å². The molecule has 0 aliphatic heterocycles. The third kappa shape index (κ3) is 4.62. The minimum Gasteiger partial charge on any atom is -0.497 e. The van der Waals surface area contributed by atoms with Crippen molar-refractivity contribution in [3.8, 4) is 5.75 Å². The highest BCUT2D eigenvalue weighted by atomic mass is 35.5. The van der Waals surface area contributed by atoms with E-state index in [1.165, 1.54) is 19.2 Å². The third-order valence-corrected chi connectivity index (χ3v) is 3.16. The number of anilines is 2. The second-order valence-electron chi connectivity index (χ2n) is 4.59. The lowest BCUT2D eigenvalue weighted by molar-refractivity contribution is -0.119. The number of nitrogens with two attached hydrogens (primary N) is 1. The van der Waals surface area contributed by atoms with Crippen LogP contribution in [0, 0.1) is 0 Å². The lowest BCUT2D eigenvalue weighted by Crippen LogP contribution is -2.21. The maximum absolute atomic E-state index is 11.9. The van der Waals surface area contributed by atoms with Gasteiger partial charge in [0.15, 0.2) is 6.61 Å². The van der Waals surface area contributed by atoms with E-state index in [4.69, 9.17) is 26.8 Å². The Labute approximate surface area is 138 Å². The van der Waals surface area contributed by atoms with Gasteiger partial charge in [0, 0.05) is 22.5 Å². The van der Waals surface area contributed by atoms with Crippen LogP contribution in [0.25, 0.3) is 0 Å². The molecule has 0 spiro atoms. The van der Waals surface area contributed by atoms with E-state index in [9.17, 15) is 9.59 Å². The number of carbonyl (C=O) groups excluding carboxylic acids is 2. The van der Waals surface area contributed by atoms with Gasteiger partial charge in [-0.25, -0.2) is 4.79 Å². The maximum atomic E-state index is 11.9. The number of methoxy groups -OCH3 is 1. The minimum absolute atomic E-state index is 0.117. The van der Waals surface area contributed by atoms with Crippen LogP contribution in [0.3, 0.4) is 0 Å². The zero-order chi connectivity index (χ0) is 16.8. The summed E-state index contributed by atoms with van der Waals surface area (Å²) in [7, 11) is 1.53. The quantitative estimate of drug-likeness (QED) is 0.648. The molecule has 0 aliphatic rings. The number of rotatable bonds is 5. The van der Waals surface area contributed by atoms with Crippen molar-refractivity contribution in [2.45, 2.75) is 0 Å². The highest BCUT2D eigenvalue weighted by Gasteiger charge is 2.14. The van der Waals surface area contributed by atoms with Crippen LogP contribution < -0.4 is 15.8 Å². The molecule has 0 fully saturated rings. The van der Waals surface area contributed by atoms with Crippen LogP contribution in [0.1, 0.15) is 10.4 Å². The summed E-state index contributed by atoms with van der Waals surface area (Å²) in [4.78, 5) is 23.7. The Bertz CT molecular complexity index is 734. The Balaban J connectivity index is 1.93. The molecule has 0 aromatic heterocycles. The Morgan fingerprint density at radius 3 is 2.74 bits per heavy atom. The zero-order valence-corrected chi connectivity index (χ0v) is 13.1. The first-order valence-electron chi connectivity index (χ1n) is 6.65. The van der Waals surface area contributed by atoms with Gasteiger partial charge in [-0.3, -0.25) is 4.79 Å². The second-order valence-corrected chi connectivity index (χ2v) is 5.02. The summed E-state index contributed by atoms with van der Waals surface area (Å²) in [5, 5.41) is 2.95. The Hall–Kier alpha value is -2.73. The number of hydrogen-bond acceptors (Lipinski definition) is 5. The molecular formula is C16H15ClN2O4. The molecule has 0 radical (unpaired) electrons. The van der Waals surface area contributed by atoms with Crippen molar-refractivity contribution < 1.29 is 19.1 Å². The van der Waals surface area contributed by atoms with Crippen molar-refractivity contribution in [2.75, 3.05) is 24.8 Å². The van der Waals surface area contributed by atoms with E-state index in [0.29, 0.717) is 16.5 Å². The van der Waals surface area contributed by atoms with E-state index in [1.54, 1.807) is 30.3 Å². The van der Waals surface area contributed by atoms with E-state index in [0.717, 1.165) is 0 Å². The molecule has 0 heterocycles. The van der Waals surface area contributed by atoms with Crippen molar-refractivity contribution >= 4 is 34.9 Å². The molecule has 3 N–H and O–H groups in total. The van der Waals surface area contributed by atoms with E-state index < -0.39 is 18.5 Å². The first-order valence-corrected chi connectivity index (χ1v) is 7.03. The van der Waals surface area contributed by atoms with E-state index in [2.05, 4.69) is 5.32 Å². The monoisotopic (exact) mass is 334 g/mol. The second kappa shape index (κ2) is 7.51. The summed E-state index contributed by atoms with van der Waals surface area (Å²) in [5.41, 5.74) is 6.56. The molecule has 0 atom stereocenters. The molecule has 0 bridgehead atoms. The fraction of sp³-hybridized carbons (Fsp3) is 0.125. The molecule has 7 heteroatoms. The topological polar surface area (TPSA) is 90.6 Å².